The van der Waals surface area contributed by atoms with Gasteiger partial charge in [-0.15, -0.1) is 0 Å². The van der Waals surface area contributed by atoms with Crippen LogP contribution in [0.3, 0.4) is 0 Å². The molecule has 0 unspecified atom stereocenters. The van der Waals surface area contributed by atoms with Gasteiger partial charge < -0.3 is 9.47 Å². The zero-order valence-electron chi connectivity index (χ0n) is 20.9. The minimum absolute atomic E-state index is 0.0843. The van der Waals surface area contributed by atoms with Gasteiger partial charge in [0.2, 0.25) is 5.88 Å². The number of halogens is 3. The number of fused-ring (bicyclic) bond motifs is 1. The van der Waals surface area contributed by atoms with E-state index in [1.54, 1.807) is 26.1 Å². The Morgan fingerprint density at radius 3 is 2.47 bits per heavy atom. The smallest absolute Gasteiger partial charge is 0.260 e. The first kappa shape index (κ1) is 24.9. The van der Waals surface area contributed by atoms with Crippen LogP contribution in [0.1, 0.15) is 60.2 Å². The van der Waals surface area contributed by atoms with Gasteiger partial charge in [-0.05, 0) is 75.3 Å². The van der Waals surface area contributed by atoms with Gasteiger partial charge in [0.05, 0.1) is 17.5 Å². The van der Waals surface area contributed by atoms with E-state index in [4.69, 9.17) is 21.1 Å². The zero-order valence-corrected chi connectivity index (χ0v) is 21.6. The third kappa shape index (κ3) is 4.65. The van der Waals surface area contributed by atoms with Gasteiger partial charge in [0.15, 0.2) is 17.3 Å². The Balaban J connectivity index is 1.43. The molecule has 1 saturated carbocycles. The second-order valence-corrected chi connectivity index (χ2v) is 10.3. The highest BCUT2D eigenvalue weighted by Crippen LogP contribution is 2.38. The molecule has 1 aliphatic carbocycles. The molecule has 0 bridgehead atoms. The van der Waals surface area contributed by atoms with Gasteiger partial charge in [-0.2, -0.15) is 0 Å². The molecule has 7 nitrogen and oxygen atoms in total. The van der Waals surface area contributed by atoms with Crippen molar-refractivity contribution in [3.05, 3.63) is 86.1 Å². The van der Waals surface area contributed by atoms with Crippen molar-refractivity contribution < 1.29 is 18.3 Å². The summed E-state index contributed by atoms with van der Waals surface area (Å²) in [4.78, 5) is 27.4. The number of aromatic nitrogens is 4. The third-order valence-corrected chi connectivity index (χ3v) is 7.36. The average Bonchev–Trinajstić information content (AvgIpc) is 3.70. The fraction of sp³-hybridized carbons (Fsp3) is 0.357. The molecular weight excluding hydrogens is 514 g/mol. The molecule has 1 aliphatic heterocycles. The predicted molar refractivity (Wildman–Crippen MR) is 138 cm³/mol. The highest BCUT2D eigenvalue weighted by molar-refractivity contribution is 6.30. The molecule has 6 rings (SSSR count). The van der Waals surface area contributed by atoms with Gasteiger partial charge in [0, 0.05) is 29.5 Å². The fourth-order valence-electron chi connectivity index (χ4n) is 4.87. The maximum absolute atomic E-state index is 15.1. The number of nitrogens with zero attached hydrogens (tertiary/aromatic N) is 4. The SMILES string of the molecule is Cc1nc2cc([C@H]3CCO[C@@H](c4ccc(OC5CC5)nc4)C3)c(=O)n(-c3c(F)cc(Cl)cc3F)c2nc1C. The summed E-state index contributed by atoms with van der Waals surface area (Å²) in [5.41, 5.74) is 1.88. The number of ether oxygens (including phenoxy) is 2. The van der Waals surface area contributed by atoms with E-state index in [1.165, 1.54) is 0 Å². The second-order valence-electron chi connectivity index (χ2n) is 9.89. The van der Waals surface area contributed by atoms with Crippen molar-refractivity contribution in [2.24, 2.45) is 0 Å². The molecule has 2 aliphatic rings. The van der Waals surface area contributed by atoms with E-state index in [0.29, 0.717) is 47.8 Å². The number of pyridine rings is 2. The van der Waals surface area contributed by atoms with E-state index in [0.717, 1.165) is 35.1 Å². The van der Waals surface area contributed by atoms with Crippen LogP contribution in [0.15, 0.2) is 41.3 Å². The van der Waals surface area contributed by atoms with Gasteiger partial charge in [-0.25, -0.2) is 23.7 Å². The van der Waals surface area contributed by atoms with Crippen LogP contribution in [0.5, 0.6) is 5.88 Å². The second kappa shape index (κ2) is 9.71. The maximum atomic E-state index is 15.1. The molecule has 0 N–H and O–H groups in total. The minimum atomic E-state index is -0.958. The van der Waals surface area contributed by atoms with Crippen LogP contribution < -0.4 is 10.3 Å². The summed E-state index contributed by atoms with van der Waals surface area (Å²) in [6, 6.07) is 7.40. The van der Waals surface area contributed by atoms with Crippen molar-refractivity contribution >= 4 is 22.8 Å². The lowest BCUT2D eigenvalue weighted by atomic mass is 9.87. The Kier molecular flexibility index (Phi) is 6.36. The van der Waals surface area contributed by atoms with Crippen LogP contribution in [0.4, 0.5) is 8.78 Å². The first-order valence-electron chi connectivity index (χ1n) is 12.6. The summed E-state index contributed by atoms with van der Waals surface area (Å²) in [6.07, 6.45) is 4.85. The Morgan fingerprint density at radius 1 is 1.05 bits per heavy atom. The van der Waals surface area contributed by atoms with E-state index >= 15 is 8.78 Å². The molecule has 2 atom stereocenters. The monoisotopic (exact) mass is 538 g/mol. The van der Waals surface area contributed by atoms with Crippen LogP contribution >= 0.6 is 11.6 Å². The van der Waals surface area contributed by atoms with Gasteiger partial charge in [0.1, 0.15) is 17.3 Å². The predicted octanol–water partition coefficient (Wildman–Crippen LogP) is 5.90. The topological polar surface area (TPSA) is 79.1 Å². The molecule has 10 heteroatoms. The van der Waals surface area contributed by atoms with E-state index in [-0.39, 0.29) is 28.8 Å². The Labute approximate surface area is 222 Å². The van der Waals surface area contributed by atoms with Crippen molar-refractivity contribution in [2.75, 3.05) is 6.61 Å². The molecular formula is C28H25ClF2N4O3. The summed E-state index contributed by atoms with van der Waals surface area (Å²) >= 11 is 5.86. The van der Waals surface area contributed by atoms with E-state index in [9.17, 15) is 4.79 Å². The quantitative estimate of drug-likeness (QED) is 0.315. The van der Waals surface area contributed by atoms with Crippen molar-refractivity contribution in [3.8, 4) is 11.6 Å². The summed E-state index contributed by atoms with van der Waals surface area (Å²) in [5, 5.41) is -0.107. The standard InChI is InChI=1S/C28H25ClF2N4O3/c1-14-15(2)34-27-23(33-14)12-20(28(36)35(27)26-21(30)10-18(29)11-22(26)31)16-7-8-37-24(9-16)17-3-6-25(32-13-17)38-19-4-5-19/h3,6,10-13,16,19,24H,4-5,7-9H2,1-2H3/t16-,24+/m0/s1. The molecule has 0 spiro atoms. The number of benzene rings is 1. The number of hydrogen-bond acceptors (Lipinski definition) is 6. The molecule has 0 radical (unpaired) electrons. The average molecular weight is 539 g/mol. The lowest BCUT2D eigenvalue weighted by Crippen LogP contribution is -2.30. The molecule has 1 aromatic carbocycles. The van der Waals surface area contributed by atoms with Gasteiger partial charge >= 0.3 is 0 Å². The fourth-order valence-corrected chi connectivity index (χ4v) is 5.06. The molecule has 38 heavy (non-hydrogen) atoms. The molecule has 3 aromatic heterocycles. The minimum Gasteiger partial charge on any atom is -0.474 e. The molecule has 0 amide bonds. The number of hydrogen-bond donors (Lipinski definition) is 0. The van der Waals surface area contributed by atoms with Crippen LogP contribution in [0.25, 0.3) is 16.9 Å². The van der Waals surface area contributed by atoms with E-state index in [2.05, 4.69) is 15.0 Å². The Bertz CT molecular complexity index is 1580. The lowest BCUT2D eigenvalue weighted by Gasteiger charge is -2.30. The normalized spacial score (nSPS) is 19.6. The zero-order chi connectivity index (χ0) is 26.6. The molecule has 4 aromatic rings. The van der Waals surface area contributed by atoms with E-state index < -0.39 is 22.9 Å². The summed E-state index contributed by atoms with van der Waals surface area (Å²) in [6.45, 7) is 3.95. The van der Waals surface area contributed by atoms with Crippen molar-refractivity contribution in [2.45, 2.75) is 57.7 Å². The number of aryl methyl sites for hydroxylation is 2. The number of rotatable bonds is 5. The first-order valence-corrected chi connectivity index (χ1v) is 13.0. The van der Waals surface area contributed by atoms with Crippen LogP contribution in [-0.4, -0.2) is 32.2 Å². The highest BCUT2D eigenvalue weighted by Gasteiger charge is 2.30. The van der Waals surface area contributed by atoms with Crippen molar-refractivity contribution in [1.29, 1.82) is 0 Å². The Hall–Kier alpha value is -3.43. The molecule has 196 valence electrons. The van der Waals surface area contributed by atoms with Gasteiger partial charge in [-0.1, -0.05) is 11.6 Å². The molecule has 2 fully saturated rings. The van der Waals surface area contributed by atoms with Crippen molar-refractivity contribution in [1.82, 2.24) is 19.5 Å². The third-order valence-electron chi connectivity index (χ3n) is 7.14. The maximum Gasteiger partial charge on any atom is 0.260 e. The summed E-state index contributed by atoms with van der Waals surface area (Å²) < 4.78 is 42.9. The first-order chi connectivity index (χ1) is 18.3. The lowest BCUT2D eigenvalue weighted by molar-refractivity contribution is 0.00482. The van der Waals surface area contributed by atoms with Crippen LogP contribution in [0.2, 0.25) is 5.02 Å². The van der Waals surface area contributed by atoms with E-state index in [1.807, 2.05) is 12.1 Å². The Morgan fingerprint density at radius 2 is 1.79 bits per heavy atom. The van der Waals surface area contributed by atoms with Crippen LogP contribution in [0, 0.1) is 25.5 Å². The van der Waals surface area contributed by atoms with Crippen molar-refractivity contribution in [3.63, 3.8) is 0 Å². The molecule has 4 heterocycles. The van der Waals surface area contributed by atoms with Gasteiger partial charge in [0.25, 0.3) is 5.56 Å². The van der Waals surface area contributed by atoms with Gasteiger partial charge in [-0.3, -0.25) is 9.36 Å². The summed E-state index contributed by atoms with van der Waals surface area (Å²) in [5.74, 6) is -1.57. The summed E-state index contributed by atoms with van der Waals surface area (Å²) in [7, 11) is 0. The molecule has 1 saturated heterocycles. The van der Waals surface area contributed by atoms with Crippen LogP contribution in [-0.2, 0) is 4.74 Å². The highest BCUT2D eigenvalue weighted by atomic mass is 35.5. The largest absolute Gasteiger partial charge is 0.474 e.